The number of H-pyrrole nitrogens is 1. The number of nitrogens with zero attached hydrogens (tertiary/aromatic N) is 5. The quantitative estimate of drug-likeness (QED) is 0.449. The van der Waals surface area contributed by atoms with Gasteiger partial charge in [-0.1, -0.05) is 36.4 Å². The third-order valence-corrected chi connectivity index (χ3v) is 6.22. The van der Waals surface area contributed by atoms with Gasteiger partial charge in [0.25, 0.3) is 5.91 Å². The number of likely N-dealkylation sites (tertiary alicyclic amines) is 1. The first-order chi connectivity index (χ1) is 16.2. The first-order valence-corrected chi connectivity index (χ1v) is 11.0. The van der Waals surface area contributed by atoms with E-state index in [0.717, 1.165) is 40.0 Å². The van der Waals surface area contributed by atoms with Crippen LogP contribution in [0.1, 0.15) is 23.0 Å². The van der Waals surface area contributed by atoms with Gasteiger partial charge in [-0.2, -0.15) is 0 Å². The molecule has 0 radical (unpaired) electrons. The van der Waals surface area contributed by atoms with Crippen LogP contribution < -0.4 is 0 Å². The van der Waals surface area contributed by atoms with Gasteiger partial charge in [-0.3, -0.25) is 4.79 Å². The second-order valence-electron chi connectivity index (χ2n) is 8.32. The first-order valence-electron chi connectivity index (χ1n) is 11.0. The minimum atomic E-state index is -0.0403. The first kappa shape index (κ1) is 19.4. The maximum absolute atomic E-state index is 13.1. The Morgan fingerprint density at radius 3 is 2.79 bits per heavy atom. The molecule has 1 saturated heterocycles. The number of pyridine rings is 2. The fraction of sp³-hybridized carbons (Fsp3) is 0.154. The highest BCUT2D eigenvalue weighted by atomic mass is 16.2. The summed E-state index contributed by atoms with van der Waals surface area (Å²) in [5.41, 5.74) is 5.04. The molecule has 4 aromatic heterocycles. The molecule has 0 saturated carbocycles. The number of carbonyl (C=O) groups excluding carboxylic acids is 1. The van der Waals surface area contributed by atoms with Gasteiger partial charge in [0.2, 0.25) is 0 Å². The Labute approximate surface area is 190 Å². The van der Waals surface area contributed by atoms with Gasteiger partial charge in [-0.15, -0.1) is 0 Å². The summed E-state index contributed by atoms with van der Waals surface area (Å²) < 4.78 is 2.07. The van der Waals surface area contributed by atoms with Crippen LogP contribution in [0.25, 0.3) is 33.5 Å². The van der Waals surface area contributed by atoms with Crippen molar-refractivity contribution in [2.24, 2.45) is 0 Å². The maximum Gasteiger partial charge on any atom is 0.272 e. The number of amides is 1. The lowest BCUT2D eigenvalue weighted by Gasteiger charge is -2.17. The van der Waals surface area contributed by atoms with Crippen LogP contribution in [-0.4, -0.2) is 48.4 Å². The number of nitrogens with one attached hydrogen (secondary N) is 1. The molecule has 162 valence electrons. The molecule has 1 unspecified atom stereocenters. The molecule has 6 rings (SSSR count). The van der Waals surface area contributed by atoms with Crippen molar-refractivity contribution >= 4 is 16.9 Å². The summed E-state index contributed by atoms with van der Waals surface area (Å²) >= 11 is 0. The van der Waals surface area contributed by atoms with Gasteiger partial charge in [0.1, 0.15) is 11.3 Å². The van der Waals surface area contributed by atoms with Crippen molar-refractivity contribution < 1.29 is 4.79 Å². The average molecular weight is 435 g/mol. The van der Waals surface area contributed by atoms with E-state index in [4.69, 9.17) is 0 Å². The van der Waals surface area contributed by atoms with Crippen LogP contribution >= 0.6 is 0 Å². The van der Waals surface area contributed by atoms with Gasteiger partial charge < -0.3 is 14.5 Å². The van der Waals surface area contributed by atoms with E-state index in [0.29, 0.717) is 18.8 Å². The molecule has 5 heterocycles. The maximum atomic E-state index is 13.1. The molecule has 0 aliphatic carbocycles. The lowest BCUT2D eigenvalue weighted by molar-refractivity contribution is 0.0782. The smallest absolute Gasteiger partial charge is 0.272 e. The Kier molecular flexibility index (Phi) is 4.72. The third kappa shape index (κ3) is 3.67. The molecule has 0 spiro atoms. The molecule has 1 fully saturated rings. The second kappa shape index (κ2) is 8.02. The molecule has 1 aliphatic heterocycles. The van der Waals surface area contributed by atoms with E-state index in [1.54, 1.807) is 18.5 Å². The largest absolute Gasteiger partial charge is 0.339 e. The molecular formula is C26H22N6O. The van der Waals surface area contributed by atoms with E-state index in [1.165, 1.54) is 0 Å². The number of fused-ring (bicyclic) bond motifs is 1. The average Bonchev–Trinajstić information content (AvgIpc) is 3.64. The van der Waals surface area contributed by atoms with E-state index in [-0.39, 0.29) is 11.9 Å². The third-order valence-electron chi connectivity index (χ3n) is 6.22. The van der Waals surface area contributed by atoms with Gasteiger partial charge in [0, 0.05) is 48.3 Å². The van der Waals surface area contributed by atoms with Crippen molar-refractivity contribution in [3.8, 4) is 22.5 Å². The molecule has 33 heavy (non-hydrogen) atoms. The Balaban J connectivity index is 1.26. The van der Waals surface area contributed by atoms with Crippen LogP contribution in [0.15, 0.2) is 85.6 Å². The molecular weight excluding hydrogens is 412 g/mol. The van der Waals surface area contributed by atoms with Crippen LogP contribution in [0, 0.1) is 0 Å². The predicted octanol–water partition coefficient (Wildman–Crippen LogP) is 4.58. The van der Waals surface area contributed by atoms with Gasteiger partial charge >= 0.3 is 0 Å². The van der Waals surface area contributed by atoms with Crippen molar-refractivity contribution in [3.05, 3.63) is 91.3 Å². The summed E-state index contributed by atoms with van der Waals surface area (Å²) in [6, 6.07) is 20.2. The molecule has 1 N–H and O–H groups in total. The lowest BCUT2D eigenvalue weighted by atomic mass is 10.1. The van der Waals surface area contributed by atoms with E-state index < -0.39 is 0 Å². The standard InChI is InChI=1S/C26H22N6O/c33-26(31-11-9-21(16-31)32-12-10-27-17-32)23-8-4-7-22(29-23)20-13-19-14-24(30-25(19)28-15-20)18-5-2-1-3-6-18/h1-8,10,12-15,17,21H,9,11,16H2,(H,28,30). The highest BCUT2D eigenvalue weighted by Gasteiger charge is 2.28. The SMILES string of the molecule is O=C(c1cccc(-c2cnc3[nH]c(-c4ccccc4)cc3c2)n1)N1CCC(n2ccnc2)C1. The van der Waals surface area contributed by atoms with Crippen LogP contribution in [-0.2, 0) is 0 Å². The van der Waals surface area contributed by atoms with Gasteiger partial charge in [0.15, 0.2) is 0 Å². The second-order valence-corrected chi connectivity index (χ2v) is 8.32. The van der Waals surface area contributed by atoms with Gasteiger partial charge in [-0.25, -0.2) is 15.0 Å². The Morgan fingerprint density at radius 1 is 1.03 bits per heavy atom. The van der Waals surface area contributed by atoms with E-state index >= 15 is 0 Å². The number of hydrogen-bond acceptors (Lipinski definition) is 4. The van der Waals surface area contributed by atoms with Crippen LogP contribution in [0.5, 0.6) is 0 Å². The molecule has 5 aromatic rings. The topological polar surface area (TPSA) is 79.7 Å². The van der Waals surface area contributed by atoms with Crippen LogP contribution in [0.2, 0.25) is 0 Å². The van der Waals surface area contributed by atoms with Crippen molar-refractivity contribution in [2.75, 3.05) is 13.1 Å². The molecule has 0 bridgehead atoms. The fourth-order valence-corrected chi connectivity index (χ4v) is 4.46. The fourth-order valence-electron chi connectivity index (χ4n) is 4.46. The zero-order valence-electron chi connectivity index (χ0n) is 17.9. The molecule has 7 nitrogen and oxygen atoms in total. The number of rotatable bonds is 4. The van der Waals surface area contributed by atoms with Gasteiger partial charge in [-0.05, 0) is 36.2 Å². The summed E-state index contributed by atoms with van der Waals surface area (Å²) in [6.07, 6.45) is 8.25. The minimum Gasteiger partial charge on any atom is -0.339 e. The number of aromatic amines is 1. The van der Waals surface area contributed by atoms with Crippen LogP contribution in [0.4, 0.5) is 0 Å². The number of benzene rings is 1. The molecule has 1 amide bonds. The summed E-state index contributed by atoms with van der Waals surface area (Å²) in [7, 11) is 0. The summed E-state index contributed by atoms with van der Waals surface area (Å²) in [4.78, 5) is 31.8. The normalized spacial score (nSPS) is 15.9. The summed E-state index contributed by atoms with van der Waals surface area (Å²) in [5, 5.41) is 1.01. The monoisotopic (exact) mass is 434 g/mol. The minimum absolute atomic E-state index is 0.0403. The van der Waals surface area contributed by atoms with Crippen molar-refractivity contribution in [3.63, 3.8) is 0 Å². The Hall–Kier alpha value is -4.26. The van der Waals surface area contributed by atoms with Gasteiger partial charge in [0.05, 0.1) is 18.1 Å². The molecule has 1 atom stereocenters. The van der Waals surface area contributed by atoms with Crippen molar-refractivity contribution in [1.82, 2.24) is 29.4 Å². The van der Waals surface area contributed by atoms with E-state index in [1.807, 2.05) is 47.8 Å². The van der Waals surface area contributed by atoms with Crippen molar-refractivity contribution in [1.29, 1.82) is 0 Å². The number of aromatic nitrogens is 5. The summed E-state index contributed by atoms with van der Waals surface area (Å²) in [5.74, 6) is -0.0403. The molecule has 7 heteroatoms. The zero-order valence-corrected chi connectivity index (χ0v) is 17.9. The highest BCUT2D eigenvalue weighted by molar-refractivity contribution is 5.93. The number of carbonyl (C=O) groups is 1. The van der Waals surface area contributed by atoms with E-state index in [9.17, 15) is 4.79 Å². The Bertz CT molecular complexity index is 1420. The summed E-state index contributed by atoms with van der Waals surface area (Å²) in [6.45, 7) is 1.38. The molecule has 1 aliphatic rings. The predicted molar refractivity (Wildman–Crippen MR) is 127 cm³/mol. The van der Waals surface area contributed by atoms with Crippen molar-refractivity contribution in [2.45, 2.75) is 12.5 Å². The highest BCUT2D eigenvalue weighted by Crippen LogP contribution is 2.27. The molecule has 1 aromatic carbocycles. The lowest BCUT2D eigenvalue weighted by Crippen LogP contribution is -2.29. The number of hydrogen-bond donors (Lipinski definition) is 1. The van der Waals surface area contributed by atoms with Crippen LogP contribution in [0.3, 0.4) is 0 Å². The number of imidazole rings is 1. The Morgan fingerprint density at radius 2 is 1.94 bits per heavy atom. The zero-order chi connectivity index (χ0) is 22.2. The van der Waals surface area contributed by atoms with E-state index in [2.05, 4.69) is 48.8 Å².